The molecule has 0 saturated heterocycles. The van der Waals surface area contributed by atoms with E-state index in [1.54, 1.807) is 26.3 Å². The van der Waals surface area contributed by atoms with E-state index in [4.69, 9.17) is 16.3 Å². The second kappa shape index (κ2) is 6.04. The van der Waals surface area contributed by atoms with Gasteiger partial charge in [-0.3, -0.25) is 0 Å². The summed E-state index contributed by atoms with van der Waals surface area (Å²) in [6, 6.07) is 11.8. The molecule has 2 nitrogen and oxygen atoms in total. The van der Waals surface area contributed by atoms with Gasteiger partial charge >= 0.3 is 0 Å². The molecule has 1 atom stereocenters. The van der Waals surface area contributed by atoms with Crippen LogP contribution in [0, 0.1) is 5.82 Å². The summed E-state index contributed by atoms with van der Waals surface area (Å²) in [5, 5.41) is 3.48. The Hall–Kier alpha value is -1.58. The largest absolute Gasteiger partial charge is 0.496 e. The summed E-state index contributed by atoms with van der Waals surface area (Å²) in [5.74, 6) is 0.360. The number of ether oxygens (including phenoxy) is 1. The van der Waals surface area contributed by atoms with Gasteiger partial charge in [-0.15, -0.1) is 0 Å². The molecule has 4 heteroatoms. The lowest BCUT2D eigenvalue weighted by atomic mass is 9.97. The van der Waals surface area contributed by atoms with Gasteiger partial charge in [-0.1, -0.05) is 35.9 Å². The van der Waals surface area contributed by atoms with Crippen LogP contribution in [0.2, 0.25) is 5.02 Å². The van der Waals surface area contributed by atoms with Crippen LogP contribution in [0.5, 0.6) is 5.75 Å². The van der Waals surface area contributed by atoms with Crippen molar-refractivity contribution in [3.05, 3.63) is 64.4 Å². The molecule has 2 rings (SSSR count). The second-order valence-corrected chi connectivity index (χ2v) is 4.51. The lowest BCUT2D eigenvalue weighted by Gasteiger charge is -2.21. The minimum atomic E-state index is -0.357. The Morgan fingerprint density at radius 1 is 1.16 bits per heavy atom. The first-order valence-corrected chi connectivity index (χ1v) is 6.31. The fourth-order valence-corrected chi connectivity index (χ4v) is 2.42. The molecule has 0 amide bonds. The van der Waals surface area contributed by atoms with Gasteiger partial charge in [-0.05, 0) is 25.2 Å². The second-order valence-electron chi connectivity index (χ2n) is 4.10. The highest BCUT2D eigenvalue weighted by Crippen LogP contribution is 2.34. The van der Waals surface area contributed by atoms with Gasteiger partial charge < -0.3 is 10.1 Å². The summed E-state index contributed by atoms with van der Waals surface area (Å²) in [6.45, 7) is 0. The van der Waals surface area contributed by atoms with Crippen molar-refractivity contribution in [2.75, 3.05) is 14.2 Å². The first-order chi connectivity index (χ1) is 9.19. The number of methoxy groups -OCH3 is 1. The lowest BCUT2D eigenvalue weighted by Crippen LogP contribution is -2.20. The number of hydrogen-bond acceptors (Lipinski definition) is 2. The quantitative estimate of drug-likeness (QED) is 0.919. The van der Waals surface area contributed by atoms with Gasteiger partial charge in [0.1, 0.15) is 11.6 Å². The highest BCUT2D eigenvalue weighted by atomic mass is 35.5. The topological polar surface area (TPSA) is 21.3 Å². The zero-order chi connectivity index (χ0) is 13.8. The average molecular weight is 280 g/mol. The van der Waals surface area contributed by atoms with E-state index in [0.29, 0.717) is 16.3 Å². The molecule has 1 unspecified atom stereocenters. The number of nitrogens with one attached hydrogen (secondary N) is 1. The van der Waals surface area contributed by atoms with Gasteiger partial charge in [0.2, 0.25) is 0 Å². The molecule has 2 aromatic rings. The molecule has 2 aromatic carbocycles. The molecule has 0 aliphatic rings. The Kier molecular flexibility index (Phi) is 4.40. The summed E-state index contributed by atoms with van der Waals surface area (Å²) in [7, 11) is 3.36. The zero-order valence-corrected chi connectivity index (χ0v) is 11.5. The van der Waals surface area contributed by atoms with Crippen molar-refractivity contribution in [2.24, 2.45) is 0 Å². The molecular weight excluding hydrogens is 265 g/mol. The van der Waals surface area contributed by atoms with E-state index in [-0.39, 0.29) is 11.9 Å². The van der Waals surface area contributed by atoms with Crippen molar-refractivity contribution < 1.29 is 9.13 Å². The normalized spacial score (nSPS) is 12.2. The van der Waals surface area contributed by atoms with Gasteiger partial charge in [-0.25, -0.2) is 4.39 Å². The van der Waals surface area contributed by atoms with E-state index >= 15 is 0 Å². The van der Waals surface area contributed by atoms with Gasteiger partial charge in [0.15, 0.2) is 0 Å². The summed E-state index contributed by atoms with van der Waals surface area (Å²) in [6.07, 6.45) is 0. The molecule has 0 bridgehead atoms. The summed E-state index contributed by atoms with van der Waals surface area (Å²) in [4.78, 5) is 0. The van der Waals surface area contributed by atoms with E-state index < -0.39 is 0 Å². The number of para-hydroxylation sites is 1. The molecule has 100 valence electrons. The van der Waals surface area contributed by atoms with Gasteiger partial charge in [0, 0.05) is 16.1 Å². The molecule has 0 aromatic heterocycles. The molecule has 0 fully saturated rings. The number of benzene rings is 2. The van der Waals surface area contributed by atoms with Crippen LogP contribution in [-0.2, 0) is 0 Å². The van der Waals surface area contributed by atoms with Crippen LogP contribution >= 0.6 is 11.6 Å². The first kappa shape index (κ1) is 13.8. The predicted molar refractivity (Wildman–Crippen MR) is 75.3 cm³/mol. The van der Waals surface area contributed by atoms with E-state index in [1.807, 2.05) is 24.3 Å². The average Bonchev–Trinajstić information content (AvgIpc) is 2.43. The van der Waals surface area contributed by atoms with E-state index in [9.17, 15) is 4.39 Å². The Bertz CT molecular complexity index is 554. The monoisotopic (exact) mass is 279 g/mol. The van der Waals surface area contributed by atoms with Crippen molar-refractivity contribution in [1.82, 2.24) is 5.32 Å². The number of hydrogen-bond donors (Lipinski definition) is 1. The van der Waals surface area contributed by atoms with Crippen LogP contribution in [-0.4, -0.2) is 14.2 Å². The van der Waals surface area contributed by atoms with Crippen LogP contribution in [0.1, 0.15) is 17.2 Å². The van der Waals surface area contributed by atoms with Gasteiger partial charge in [0.25, 0.3) is 0 Å². The Morgan fingerprint density at radius 2 is 1.89 bits per heavy atom. The molecule has 0 aliphatic heterocycles. The molecule has 19 heavy (non-hydrogen) atoms. The molecule has 0 aliphatic carbocycles. The zero-order valence-electron chi connectivity index (χ0n) is 10.8. The summed E-state index contributed by atoms with van der Waals surface area (Å²) < 4.78 is 19.4. The number of rotatable bonds is 4. The fourth-order valence-electron chi connectivity index (χ4n) is 2.15. The summed E-state index contributed by atoms with van der Waals surface area (Å²) in [5.41, 5.74) is 1.27. The highest BCUT2D eigenvalue weighted by molar-refractivity contribution is 6.31. The third kappa shape index (κ3) is 2.72. The van der Waals surface area contributed by atoms with Crippen molar-refractivity contribution in [1.29, 1.82) is 0 Å². The minimum Gasteiger partial charge on any atom is -0.496 e. The fraction of sp³-hybridized carbons (Fsp3) is 0.200. The summed E-state index contributed by atoms with van der Waals surface area (Å²) >= 11 is 6.13. The van der Waals surface area contributed by atoms with Crippen molar-refractivity contribution >= 4 is 11.6 Å². The van der Waals surface area contributed by atoms with E-state index in [1.165, 1.54) is 6.07 Å². The minimum absolute atomic E-state index is 0.335. The maximum absolute atomic E-state index is 14.0. The van der Waals surface area contributed by atoms with E-state index in [2.05, 4.69) is 5.32 Å². The Morgan fingerprint density at radius 3 is 2.53 bits per heavy atom. The van der Waals surface area contributed by atoms with Crippen LogP contribution in [0.25, 0.3) is 0 Å². The molecule has 0 heterocycles. The molecule has 0 radical (unpaired) electrons. The Labute approximate surface area is 117 Å². The highest BCUT2D eigenvalue weighted by Gasteiger charge is 2.21. The van der Waals surface area contributed by atoms with Crippen LogP contribution in [0.3, 0.4) is 0 Å². The number of halogens is 2. The van der Waals surface area contributed by atoms with Crippen LogP contribution < -0.4 is 10.1 Å². The predicted octanol–water partition coefficient (Wildman–Crippen LogP) is 3.80. The first-order valence-electron chi connectivity index (χ1n) is 5.93. The van der Waals surface area contributed by atoms with Gasteiger partial charge in [-0.2, -0.15) is 0 Å². The van der Waals surface area contributed by atoms with E-state index in [0.717, 1.165) is 5.56 Å². The van der Waals surface area contributed by atoms with Crippen molar-refractivity contribution in [2.45, 2.75) is 6.04 Å². The maximum Gasteiger partial charge on any atom is 0.129 e. The Balaban J connectivity index is 2.57. The maximum atomic E-state index is 14.0. The van der Waals surface area contributed by atoms with Crippen molar-refractivity contribution in [3.8, 4) is 5.75 Å². The molecule has 0 spiro atoms. The van der Waals surface area contributed by atoms with Crippen molar-refractivity contribution in [3.63, 3.8) is 0 Å². The molecule has 0 saturated carbocycles. The van der Waals surface area contributed by atoms with Gasteiger partial charge in [0.05, 0.1) is 13.2 Å². The third-order valence-corrected chi connectivity index (χ3v) is 3.36. The standard InChI is InChI=1S/C15H15ClFNO/c1-18-15(10-6-3-4-9-13(10)19-2)14-11(16)7-5-8-12(14)17/h3-9,15,18H,1-2H3. The van der Waals surface area contributed by atoms with Crippen LogP contribution in [0.4, 0.5) is 4.39 Å². The molecular formula is C15H15ClFNO. The SMILES string of the molecule is CNC(c1ccccc1OC)c1c(F)cccc1Cl. The lowest BCUT2D eigenvalue weighted by molar-refractivity contribution is 0.404. The molecule has 1 N–H and O–H groups in total. The smallest absolute Gasteiger partial charge is 0.129 e. The van der Waals surface area contributed by atoms with Crippen LogP contribution in [0.15, 0.2) is 42.5 Å². The third-order valence-electron chi connectivity index (χ3n) is 3.03.